The maximum absolute atomic E-state index is 12.4. The van der Waals surface area contributed by atoms with E-state index in [2.05, 4.69) is 5.32 Å². The van der Waals surface area contributed by atoms with Gasteiger partial charge in [-0.15, -0.1) is 0 Å². The number of likely N-dealkylation sites (tertiary alicyclic amines) is 1. The lowest BCUT2D eigenvalue weighted by atomic mass is 10.0. The van der Waals surface area contributed by atoms with Crippen molar-refractivity contribution in [2.45, 2.75) is 44.4 Å². The molecule has 2 rings (SSSR count). The molecule has 0 radical (unpaired) electrons. The molecular weight excluding hydrogens is 301 g/mol. The molecule has 21 heavy (non-hydrogen) atoms. The monoisotopic (exact) mass is 320 g/mol. The fourth-order valence-electron chi connectivity index (χ4n) is 2.63. The summed E-state index contributed by atoms with van der Waals surface area (Å²) in [7, 11) is 0. The Kier molecular flexibility index (Phi) is 5.27. The van der Waals surface area contributed by atoms with Crippen molar-refractivity contribution in [3.8, 4) is 0 Å². The maximum Gasteiger partial charge on any atom is 0.406 e. The van der Waals surface area contributed by atoms with E-state index in [1.165, 1.54) is 5.56 Å². The third kappa shape index (κ3) is 5.00. The van der Waals surface area contributed by atoms with Gasteiger partial charge in [-0.25, -0.2) is 0 Å². The van der Waals surface area contributed by atoms with E-state index >= 15 is 0 Å². The molecule has 1 aromatic rings. The molecule has 7 heteroatoms. The summed E-state index contributed by atoms with van der Waals surface area (Å²) in [5.74, 6) is -0.434. The highest BCUT2D eigenvalue weighted by Crippen LogP contribution is 2.21. The van der Waals surface area contributed by atoms with Gasteiger partial charge in [0.1, 0.15) is 6.54 Å². The first-order chi connectivity index (χ1) is 9.85. The number of piperidine rings is 1. The summed E-state index contributed by atoms with van der Waals surface area (Å²) in [6.45, 7) is 0.992. The van der Waals surface area contributed by atoms with Gasteiger partial charge < -0.3 is 10.2 Å². The van der Waals surface area contributed by atoms with Crippen LogP contribution in [0.5, 0.6) is 0 Å². The molecule has 1 aromatic heterocycles. The van der Waals surface area contributed by atoms with Crippen LogP contribution in [-0.4, -0.2) is 42.2 Å². The van der Waals surface area contributed by atoms with Crippen LogP contribution in [-0.2, 0) is 11.2 Å². The second kappa shape index (κ2) is 6.79. The minimum absolute atomic E-state index is 0.0550. The standard InChI is InChI=1S/C14H19F3N2OS/c1-10(7-11-4-6-21-8-11)18-12-3-2-5-19(13(12)20)9-14(15,16)17/h4,6,8,10,12,18H,2-3,5,7,9H2,1H3/t10-,12-/m0/s1. The average Bonchev–Trinajstić information content (AvgIpc) is 2.85. The van der Waals surface area contributed by atoms with Crippen LogP contribution < -0.4 is 5.32 Å². The Hall–Kier alpha value is -1.08. The first kappa shape index (κ1) is 16.3. The predicted octanol–water partition coefficient (Wildman–Crippen LogP) is 2.82. The molecule has 2 heterocycles. The summed E-state index contributed by atoms with van der Waals surface area (Å²) in [5.41, 5.74) is 1.18. The lowest BCUT2D eigenvalue weighted by Crippen LogP contribution is -2.55. The van der Waals surface area contributed by atoms with Gasteiger partial charge in [-0.1, -0.05) is 0 Å². The Labute approximate surface area is 126 Å². The number of hydrogen-bond acceptors (Lipinski definition) is 3. The van der Waals surface area contributed by atoms with Gasteiger partial charge in [-0.2, -0.15) is 24.5 Å². The van der Waals surface area contributed by atoms with Crippen LogP contribution in [0.25, 0.3) is 0 Å². The van der Waals surface area contributed by atoms with E-state index in [-0.39, 0.29) is 12.6 Å². The summed E-state index contributed by atoms with van der Waals surface area (Å²) in [5, 5.41) is 7.19. The summed E-state index contributed by atoms with van der Waals surface area (Å²) >= 11 is 1.61. The van der Waals surface area contributed by atoms with E-state index < -0.39 is 24.7 Å². The van der Waals surface area contributed by atoms with E-state index in [0.29, 0.717) is 12.8 Å². The smallest absolute Gasteiger partial charge is 0.332 e. The quantitative estimate of drug-likeness (QED) is 0.905. The number of halogens is 3. The Morgan fingerprint density at radius 2 is 2.29 bits per heavy atom. The normalized spacial score (nSPS) is 21.6. The van der Waals surface area contributed by atoms with Crippen molar-refractivity contribution in [2.24, 2.45) is 0 Å². The van der Waals surface area contributed by atoms with Gasteiger partial charge in [0, 0.05) is 12.6 Å². The van der Waals surface area contributed by atoms with E-state index in [4.69, 9.17) is 0 Å². The van der Waals surface area contributed by atoms with Crippen LogP contribution in [0.3, 0.4) is 0 Å². The Bertz CT molecular complexity index is 461. The number of alkyl halides is 3. The van der Waals surface area contributed by atoms with Crippen LogP contribution in [0.4, 0.5) is 13.2 Å². The molecule has 1 fully saturated rings. The van der Waals surface area contributed by atoms with Gasteiger partial charge in [-0.05, 0) is 48.6 Å². The van der Waals surface area contributed by atoms with E-state index in [0.717, 1.165) is 11.3 Å². The lowest BCUT2D eigenvalue weighted by molar-refractivity contribution is -0.165. The van der Waals surface area contributed by atoms with Gasteiger partial charge in [0.2, 0.25) is 5.91 Å². The summed E-state index contributed by atoms with van der Waals surface area (Å²) in [6, 6.07) is 1.57. The summed E-state index contributed by atoms with van der Waals surface area (Å²) in [6.07, 6.45) is -2.36. The SMILES string of the molecule is C[C@@H](Cc1ccsc1)N[C@H]1CCCN(CC(F)(F)F)C1=O. The molecule has 0 unspecified atom stereocenters. The number of nitrogens with one attached hydrogen (secondary N) is 1. The largest absolute Gasteiger partial charge is 0.406 e. The van der Waals surface area contributed by atoms with Gasteiger partial charge in [0.05, 0.1) is 6.04 Å². The molecule has 0 aliphatic carbocycles. The van der Waals surface area contributed by atoms with E-state index in [9.17, 15) is 18.0 Å². The van der Waals surface area contributed by atoms with Gasteiger partial charge in [-0.3, -0.25) is 4.79 Å². The molecule has 1 amide bonds. The molecular formula is C14H19F3N2OS. The molecule has 0 bridgehead atoms. The highest BCUT2D eigenvalue weighted by atomic mass is 32.1. The topological polar surface area (TPSA) is 32.3 Å². The van der Waals surface area contributed by atoms with Crippen LogP contribution in [0.2, 0.25) is 0 Å². The molecule has 2 atom stereocenters. The molecule has 1 aliphatic rings. The second-order valence-corrected chi connectivity index (χ2v) is 6.25. The highest BCUT2D eigenvalue weighted by molar-refractivity contribution is 7.07. The number of nitrogens with zero attached hydrogens (tertiary/aromatic N) is 1. The minimum Gasteiger partial charge on any atom is -0.332 e. The second-order valence-electron chi connectivity index (χ2n) is 5.47. The van der Waals surface area contributed by atoms with Crippen molar-refractivity contribution in [1.29, 1.82) is 0 Å². The fraction of sp³-hybridized carbons (Fsp3) is 0.643. The van der Waals surface area contributed by atoms with Crippen molar-refractivity contribution in [2.75, 3.05) is 13.1 Å². The summed E-state index contributed by atoms with van der Waals surface area (Å²) in [4.78, 5) is 13.0. The minimum atomic E-state index is -4.33. The molecule has 118 valence electrons. The van der Waals surface area contributed by atoms with Crippen LogP contribution in [0.15, 0.2) is 16.8 Å². The number of hydrogen-bond donors (Lipinski definition) is 1. The zero-order valence-corrected chi connectivity index (χ0v) is 12.6. The molecule has 1 saturated heterocycles. The molecule has 0 aromatic carbocycles. The fourth-order valence-corrected chi connectivity index (χ4v) is 3.31. The lowest BCUT2D eigenvalue weighted by Gasteiger charge is -2.34. The van der Waals surface area contributed by atoms with Crippen molar-refractivity contribution in [3.05, 3.63) is 22.4 Å². The van der Waals surface area contributed by atoms with Crippen LogP contribution >= 0.6 is 11.3 Å². The Morgan fingerprint density at radius 1 is 1.52 bits per heavy atom. The Morgan fingerprint density at radius 3 is 2.90 bits per heavy atom. The van der Waals surface area contributed by atoms with E-state index in [1.54, 1.807) is 11.3 Å². The van der Waals surface area contributed by atoms with Crippen molar-refractivity contribution in [3.63, 3.8) is 0 Å². The summed E-state index contributed by atoms with van der Waals surface area (Å²) < 4.78 is 37.3. The third-order valence-electron chi connectivity index (χ3n) is 3.51. The van der Waals surface area contributed by atoms with Crippen molar-refractivity contribution in [1.82, 2.24) is 10.2 Å². The first-order valence-corrected chi connectivity index (χ1v) is 7.92. The number of carbonyl (C=O) groups excluding carboxylic acids is 1. The Balaban J connectivity index is 1.88. The maximum atomic E-state index is 12.4. The predicted molar refractivity (Wildman–Crippen MR) is 76.3 cm³/mol. The van der Waals surface area contributed by atoms with Crippen LogP contribution in [0, 0.1) is 0 Å². The van der Waals surface area contributed by atoms with Crippen molar-refractivity contribution < 1.29 is 18.0 Å². The highest BCUT2D eigenvalue weighted by Gasteiger charge is 2.37. The van der Waals surface area contributed by atoms with Crippen molar-refractivity contribution >= 4 is 17.2 Å². The number of thiophene rings is 1. The molecule has 1 aliphatic heterocycles. The zero-order valence-electron chi connectivity index (χ0n) is 11.8. The molecule has 1 N–H and O–H groups in total. The first-order valence-electron chi connectivity index (χ1n) is 6.98. The van der Waals surface area contributed by atoms with Gasteiger partial charge in [0.25, 0.3) is 0 Å². The average molecular weight is 320 g/mol. The number of carbonyl (C=O) groups is 1. The molecule has 3 nitrogen and oxygen atoms in total. The van der Waals surface area contributed by atoms with Gasteiger partial charge >= 0.3 is 6.18 Å². The third-order valence-corrected chi connectivity index (χ3v) is 4.24. The van der Waals surface area contributed by atoms with Crippen LogP contribution in [0.1, 0.15) is 25.3 Å². The molecule has 0 saturated carbocycles. The van der Waals surface area contributed by atoms with Gasteiger partial charge in [0.15, 0.2) is 0 Å². The number of rotatable bonds is 5. The van der Waals surface area contributed by atoms with E-state index in [1.807, 2.05) is 23.8 Å². The number of amides is 1. The molecule has 0 spiro atoms. The zero-order chi connectivity index (χ0) is 15.5.